The van der Waals surface area contributed by atoms with Crippen molar-refractivity contribution in [1.29, 1.82) is 0 Å². The summed E-state index contributed by atoms with van der Waals surface area (Å²) in [4.78, 5) is 26.2. The number of aromatic nitrogens is 4. The van der Waals surface area contributed by atoms with Gasteiger partial charge < -0.3 is 45.3 Å². The van der Waals surface area contributed by atoms with E-state index < -0.39 is 49.2 Å². The second kappa shape index (κ2) is 12.6. The molecule has 42 heavy (non-hydrogen) atoms. The van der Waals surface area contributed by atoms with Gasteiger partial charge in [0.2, 0.25) is 5.91 Å². The highest BCUT2D eigenvalue weighted by molar-refractivity contribution is 6.30. The number of fused-ring (bicyclic) bond motifs is 1. The van der Waals surface area contributed by atoms with Crippen LogP contribution in [0.2, 0.25) is 0 Å². The molecule has 5 rings (SSSR count). The zero-order valence-electron chi connectivity index (χ0n) is 22.7. The minimum Gasteiger partial charge on any atom is -0.493 e. The maximum atomic E-state index is 13.1. The number of aliphatic hydroxyl groups excluding tert-OH is 4. The van der Waals surface area contributed by atoms with Gasteiger partial charge in [-0.25, -0.2) is 15.0 Å². The Kier molecular flexibility index (Phi) is 8.91. The Hall–Kier alpha value is -3.79. The number of anilines is 1. The van der Waals surface area contributed by atoms with E-state index in [0.717, 1.165) is 5.56 Å². The third-order valence-corrected chi connectivity index (χ3v) is 7.57. The van der Waals surface area contributed by atoms with Crippen LogP contribution in [0.5, 0.6) is 11.5 Å². The van der Waals surface area contributed by atoms with Gasteiger partial charge in [0.25, 0.3) is 0 Å². The molecule has 3 aromatic rings. The van der Waals surface area contributed by atoms with E-state index in [4.69, 9.17) is 25.8 Å². The summed E-state index contributed by atoms with van der Waals surface area (Å²) in [5, 5.41) is 47.0. The number of carbonyl (C=O) groups is 1. The summed E-state index contributed by atoms with van der Waals surface area (Å²) in [6, 6.07) is 4.60. The second-order valence-corrected chi connectivity index (χ2v) is 10.1. The zero-order chi connectivity index (χ0) is 30.0. The lowest BCUT2D eigenvalue weighted by Gasteiger charge is -2.27. The summed E-state index contributed by atoms with van der Waals surface area (Å²) in [6.45, 7) is -0.00287. The van der Waals surface area contributed by atoms with Gasteiger partial charge in [0.05, 0.1) is 27.2 Å². The Morgan fingerprint density at radius 1 is 1.10 bits per heavy atom. The van der Waals surface area contributed by atoms with Crippen LogP contribution in [-0.4, -0.2) is 104 Å². The van der Waals surface area contributed by atoms with Gasteiger partial charge in [0.15, 0.2) is 34.7 Å². The highest BCUT2D eigenvalue weighted by Crippen LogP contribution is 2.33. The van der Waals surface area contributed by atoms with Gasteiger partial charge in [-0.15, -0.1) is 0 Å². The fraction of sp³-hybridized carbons (Fsp3) is 0.407. The quantitative estimate of drug-likeness (QED) is 0.182. The van der Waals surface area contributed by atoms with E-state index >= 15 is 0 Å². The third-order valence-electron chi connectivity index (χ3n) is 7.22. The standard InChI is InChI=1S/C27H31ClN6O8/c1-40-16-6-3-13(9-17(16)41-2)7-8-29-24-20-25(31-11-30-24)34(12-32-20)27-19(23(38)18(10-35)42-27)33-26(39)14-4-5-15(28)22(37)21(14)36/h3-6,9,11-12,18-19,21-23,27,35-38H,7-8,10H2,1-2H3,(H,33,39)(H,29,30,31)/t18-,19-,21?,22?,23-,27-/m1/s1. The van der Waals surface area contributed by atoms with Gasteiger partial charge in [0, 0.05) is 17.2 Å². The van der Waals surface area contributed by atoms with E-state index in [1.165, 1.54) is 29.4 Å². The summed E-state index contributed by atoms with van der Waals surface area (Å²) >= 11 is 5.86. The van der Waals surface area contributed by atoms with Crippen LogP contribution >= 0.6 is 11.6 Å². The van der Waals surface area contributed by atoms with Crippen LogP contribution < -0.4 is 20.1 Å². The SMILES string of the molecule is COc1ccc(CCNc2ncnc3c2ncn3[C@@H]2O[C@H](CO)[C@@H](O)[C@H]2NC(=O)C2=CC=C(Cl)C(O)C2O)cc1OC. The average Bonchev–Trinajstić information content (AvgIpc) is 3.56. The molecule has 1 amide bonds. The normalized spacial score (nSPS) is 25.6. The largest absolute Gasteiger partial charge is 0.493 e. The van der Waals surface area contributed by atoms with Crippen LogP contribution in [0.15, 0.2) is 53.6 Å². The Balaban J connectivity index is 1.35. The van der Waals surface area contributed by atoms with Crippen molar-refractivity contribution >= 4 is 34.5 Å². The van der Waals surface area contributed by atoms with Crippen LogP contribution in [0.25, 0.3) is 11.2 Å². The summed E-state index contributed by atoms with van der Waals surface area (Å²) in [5.41, 5.74) is 1.65. The molecule has 15 heteroatoms. The van der Waals surface area contributed by atoms with Crippen molar-refractivity contribution in [2.24, 2.45) is 0 Å². The molecule has 6 N–H and O–H groups in total. The molecule has 1 fully saturated rings. The highest BCUT2D eigenvalue weighted by atomic mass is 35.5. The first-order chi connectivity index (χ1) is 20.3. The van der Waals surface area contributed by atoms with Crippen molar-refractivity contribution in [2.75, 3.05) is 32.7 Å². The maximum absolute atomic E-state index is 13.1. The minimum absolute atomic E-state index is 0.0146. The first-order valence-electron chi connectivity index (χ1n) is 13.1. The third kappa shape index (κ3) is 5.64. The lowest BCUT2D eigenvalue weighted by atomic mass is 9.97. The molecule has 224 valence electrons. The lowest BCUT2D eigenvalue weighted by molar-refractivity contribution is -0.121. The fourth-order valence-electron chi connectivity index (χ4n) is 4.95. The summed E-state index contributed by atoms with van der Waals surface area (Å²) < 4.78 is 18.1. The highest BCUT2D eigenvalue weighted by Gasteiger charge is 2.46. The van der Waals surface area contributed by atoms with E-state index in [-0.39, 0.29) is 10.6 Å². The van der Waals surface area contributed by atoms with Gasteiger partial charge in [-0.2, -0.15) is 0 Å². The van der Waals surface area contributed by atoms with Crippen LogP contribution in [0.4, 0.5) is 5.82 Å². The number of aliphatic hydroxyl groups is 4. The summed E-state index contributed by atoms with van der Waals surface area (Å²) in [7, 11) is 3.15. The van der Waals surface area contributed by atoms with Gasteiger partial charge in [0.1, 0.15) is 36.8 Å². The maximum Gasteiger partial charge on any atom is 0.250 e. The number of methoxy groups -OCH3 is 2. The molecule has 0 bridgehead atoms. The summed E-state index contributed by atoms with van der Waals surface area (Å²) in [6.07, 6.45) is -0.355. The first-order valence-corrected chi connectivity index (χ1v) is 13.5. The zero-order valence-corrected chi connectivity index (χ0v) is 23.5. The number of nitrogens with zero attached hydrogens (tertiary/aromatic N) is 4. The van der Waals surface area contributed by atoms with E-state index in [9.17, 15) is 25.2 Å². The molecule has 2 aliphatic rings. The lowest BCUT2D eigenvalue weighted by Crippen LogP contribution is -2.49. The Morgan fingerprint density at radius 3 is 2.62 bits per heavy atom. The number of ether oxygens (including phenoxy) is 3. The number of benzene rings is 1. The average molecular weight is 603 g/mol. The number of imidazole rings is 1. The molecule has 14 nitrogen and oxygen atoms in total. The number of allylic oxidation sites excluding steroid dienone is 2. The van der Waals surface area contributed by atoms with Crippen molar-refractivity contribution in [3.8, 4) is 11.5 Å². The minimum atomic E-state index is -1.57. The Bertz CT molecular complexity index is 1510. The number of hydrogen-bond acceptors (Lipinski definition) is 12. The van der Waals surface area contributed by atoms with Crippen molar-refractivity contribution in [3.63, 3.8) is 0 Å². The first kappa shape index (κ1) is 29.7. The second-order valence-electron chi connectivity index (χ2n) is 9.71. The number of carbonyl (C=O) groups excluding carboxylic acids is 1. The molecule has 3 heterocycles. The Labute approximate surface area is 245 Å². The Morgan fingerprint density at radius 2 is 1.88 bits per heavy atom. The number of amides is 1. The smallest absolute Gasteiger partial charge is 0.250 e. The molecule has 0 spiro atoms. The molecule has 2 aromatic heterocycles. The van der Waals surface area contributed by atoms with Gasteiger partial charge >= 0.3 is 0 Å². The number of hydrogen-bond donors (Lipinski definition) is 6. The fourth-order valence-corrected chi connectivity index (χ4v) is 5.13. The van der Waals surface area contributed by atoms with E-state index in [0.29, 0.717) is 41.4 Å². The molecule has 0 saturated carbocycles. The van der Waals surface area contributed by atoms with Gasteiger partial charge in [-0.3, -0.25) is 9.36 Å². The topological polar surface area (TPSA) is 193 Å². The van der Waals surface area contributed by atoms with Crippen molar-refractivity contribution in [1.82, 2.24) is 24.8 Å². The predicted molar refractivity (Wildman–Crippen MR) is 150 cm³/mol. The molecule has 1 aliphatic carbocycles. The molecule has 6 atom stereocenters. The van der Waals surface area contributed by atoms with Gasteiger partial charge in [-0.05, 0) is 36.3 Å². The molecule has 2 unspecified atom stereocenters. The van der Waals surface area contributed by atoms with Crippen LogP contribution in [0.1, 0.15) is 11.8 Å². The predicted octanol–water partition coefficient (Wildman–Crippen LogP) is 0.0180. The van der Waals surface area contributed by atoms with Crippen LogP contribution in [0, 0.1) is 0 Å². The summed E-state index contributed by atoms with van der Waals surface area (Å²) in [5.74, 6) is 0.977. The van der Waals surface area contributed by atoms with Crippen molar-refractivity contribution < 1.29 is 39.4 Å². The molecule has 1 aliphatic heterocycles. The molecular formula is C27H31ClN6O8. The molecule has 1 saturated heterocycles. The molecular weight excluding hydrogens is 572 g/mol. The number of halogens is 1. The monoisotopic (exact) mass is 602 g/mol. The van der Waals surface area contributed by atoms with E-state index in [2.05, 4.69) is 25.6 Å². The van der Waals surface area contributed by atoms with Crippen LogP contribution in [-0.2, 0) is 16.0 Å². The molecule has 1 aromatic carbocycles. The van der Waals surface area contributed by atoms with Crippen molar-refractivity contribution in [2.45, 2.75) is 43.1 Å². The molecule has 0 radical (unpaired) electrons. The number of nitrogens with one attached hydrogen (secondary N) is 2. The number of rotatable bonds is 10. The van der Waals surface area contributed by atoms with E-state index in [1.807, 2.05) is 18.2 Å². The van der Waals surface area contributed by atoms with Gasteiger partial charge in [-0.1, -0.05) is 17.7 Å². The van der Waals surface area contributed by atoms with Crippen LogP contribution in [0.3, 0.4) is 0 Å². The van der Waals surface area contributed by atoms with E-state index in [1.54, 1.807) is 14.2 Å². The van der Waals surface area contributed by atoms with Crippen molar-refractivity contribution in [3.05, 3.63) is 59.2 Å².